The molecule has 1 aromatic heterocycles. The summed E-state index contributed by atoms with van der Waals surface area (Å²) in [6.07, 6.45) is 2.13. The third kappa shape index (κ3) is 2.13. The van der Waals surface area contributed by atoms with Gasteiger partial charge in [0.15, 0.2) is 0 Å². The second-order valence-electron chi connectivity index (χ2n) is 2.66. The number of aromatic nitrogens is 1. The number of nitrogens with zero attached hydrogens (tertiary/aromatic N) is 1. The molecule has 0 atom stereocenters. The van der Waals surface area contributed by atoms with Crippen LogP contribution in [0.1, 0.15) is 6.92 Å². The minimum atomic E-state index is 1.05. The van der Waals surface area contributed by atoms with E-state index in [4.69, 9.17) is 0 Å². The third-order valence-corrected chi connectivity index (χ3v) is 2.02. The number of fused-ring (bicyclic) bond motifs is 1. The topological polar surface area (TPSA) is 4.93 Å². The van der Waals surface area contributed by atoms with Crippen LogP contribution in [-0.4, -0.2) is 10.4 Å². The van der Waals surface area contributed by atoms with Gasteiger partial charge in [-0.1, -0.05) is 34.1 Å². The second kappa shape index (κ2) is 5.07. The number of para-hydroxylation sites is 1. The van der Waals surface area contributed by atoms with Gasteiger partial charge in [0, 0.05) is 18.3 Å². The van der Waals surface area contributed by atoms with Crippen LogP contribution < -0.4 is 0 Å². The fourth-order valence-electron chi connectivity index (χ4n) is 1.42. The molecule has 0 radical (unpaired) electrons. The number of hydrogen-bond donors (Lipinski definition) is 0. The van der Waals surface area contributed by atoms with Gasteiger partial charge in [-0.2, -0.15) is 0 Å². The molecule has 1 heterocycles. The molecule has 0 unspecified atom stereocenters. The molecule has 2 aromatic rings. The van der Waals surface area contributed by atoms with E-state index in [1.165, 1.54) is 10.9 Å². The first kappa shape index (κ1) is 10.3. The Morgan fingerprint density at radius 1 is 1.15 bits per heavy atom. The van der Waals surface area contributed by atoms with E-state index in [0.29, 0.717) is 0 Å². The molecule has 0 aliphatic heterocycles. The maximum Gasteiger partial charge on any atom is 0.0480 e. The van der Waals surface area contributed by atoms with Crippen molar-refractivity contribution in [2.45, 2.75) is 13.5 Å². The Morgan fingerprint density at radius 2 is 1.85 bits per heavy atom. The van der Waals surface area contributed by atoms with Crippen molar-refractivity contribution >= 4 is 26.8 Å². The van der Waals surface area contributed by atoms with Crippen molar-refractivity contribution in [3.05, 3.63) is 36.5 Å². The average molecular weight is 240 g/mol. The van der Waals surface area contributed by atoms with E-state index in [0.717, 1.165) is 6.54 Å². The van der Waals surface area contributed by atoms with Crippen molar-refractivity contribution in [1.29, 1.82) is 0 Å². The number of halogens is 1. The molecule has 70 valence electrons. The lowest BCUT2D eigenvalue weighted by Crippen LogP contribution is -1.89. The minimum Gasteiger partial charge on any atom is -0.348 e. The molecule has 0 fully saturated rings. The molecular formula is C11H14BrN. The first-order valence-electron chi connectivity index (χ1n) is 4.33. The number of rotatable bonds is 1. The zero-order valence-corrected chi connectivity index (χ0v) is 9.58. The molecule has 2 heteroatoms. The van der Waals surface area contributed by atoms with Crippen LogP contribution in [0, 0.1) is 0 Å². The summed E-state index contributed by atoms with van der Waals surface area (Å²) in [5.41, 5.74) is 1.33. The maximum absolute atomic E-state index is 2.94. The Balaban J connectivity index is 0.000000396. The lowest BCUT2D eigenvalue weighted by atomic mass is 10.2. The van der Waals surface area contributed by atoms with Gasteiger partial charge in [0.1, 0.15) is 0 Å². The lowest BCUT2D eigenvalue weighted by Gasteiger charge is -1.98. The Bertz CT molecular complexity index is 365. The van der Waals surface area contributed by atoms with Crippen molar-refractivity contribution < 1.29 is 0 Å². The maximum atomic E-state index is 2.94. The summed E-state index contributed by atoms with van der Waals surface area (Å²) in [6.45, 7) is 3.21. The average Bonchev–Trinajstić information content (AvgIpc) is 2.64. The van der Waals surface area contributed by atoms with E-state index in [1.54, 1.807) is 0 Å². The van der Waals surface area contributed by atoms with Crippen LogP contribution in [0.2, 0.25) is 0 Å². The molecule has 0 saturated heterocycles. The van der Waals surface area contributed by atoms with Crippen molar-refractivity contribution in [3.63, 3.8) is 0 Å². The Kier molecular flexibility index (Phi) is 4.03. The molecule has 0 saturated carbocycles. The molecule has 0 aliphatic carbocycles. The fourth-order valence-corrected chi connectivity index (χ4v) is 1.42. The Labute approximate surface area is 87.5 Å². The quantitative estimate of drug-likeness (QED) is 0.670. The van der Waals surface area contributed by atoms with E-state index in [9.17, 15) is 0 Å². The van der Waals surface area contributed by atoms with Gasteiger partial charge >= 0.3 is 0 Å². The molecular weight excluding hydrogens is 226 g/mol. The predicted octanol–water partition coefficient (Wildman–Crippen LogP) is 3.67. The van der Waals surface area contributed by atoms with E-state index in [2.05, 4.69) is 63.9 Å². The Hall–Kier alpha value is -0.760. The van der Waals surface area contributed by atoms with Crippen LogP contribution in [0.5, 0.6) is 0 Å². The number of alkyl halides is 1. The van der Waals surface area contributed by atoms with E-state index >= 15 is 0 Å². The summed E-state index contributed by atoms with van der Waals surface area (Å²) in [7, 11) is 0. The molecule has 0 N–H and O–H groups in total. The molecule has 0 aliphatic rings. The molecule has 13 heavy (non-hydrogen) atoms. The molecule has 1 nitrogen and oxygen atoms in total. The third-order valence-electron chi connectivity index (χ3n) is 2.02. The molecule has 0 bridgehead atoms. The summed E-state index contributed by atoms with van der Waals surface area (Å²) >= 11 is 2.94. The SMILES string of the molecule is CBr.CCn1ccc2ccccc21. The second-order valence-corrected chi connectivity index (χ2v) is 2.66. The van der Waals surface area contributed by atoms with Gasteiger partial charge < -0.3 is 4.57 Å². The standard InChI is InChI=1S/C10H11N.CH3Br/c1-2-11-8-7-9-5-3-4-6-10(9)11;1-2/h3-8H,2H2,1H3;1H3. The van der Waals surface area contributed by atoms with Gasteiger partial charge in [-0.05, 0) is 30.3 Å². The predicted molar refractivity (Wildman–Crippen MR) is 62.5 cm³/mol. The van der Waals surface area contributed by atoms with Crippen LogP contribution in [-0.2, 0) is 6.54 Å². The van der Waals surface area contributed by atoms with Gasteiger partial charge in [0.05, 0.1) is 0 Å². The zero-order valence-electron chi connectivity index (χ0n) is 8.00. The summed E-state index contributed by atoms with van der Waals surface area (Å²) in [5.74, 6) is 1.81. The highest BCUT2D eigenvalue weighted by atomic mass is 79.9. The van der Waals surface area contributed by atoms with E-state index in [-0.39, 0.29) is 0 Å². The smallest absolute Gasteiger partial charge is 0.0480 e. The first-order valence-corrected chi connectivity index (χ1v) is 5.92. The number of benzene rings is 1. The van der Waals surface area contributed by atoms with Crippen LogP contribution >= 0.6 is 15.9 Å². The highest BCUT2D eigenvalue weighted by molar-refractivity contribution is 9.08. The summed E-state index contributed by atoms with van der Waals surface area (Å²) in [4.78, 5) is 0. The van der Waals surface area contributed by atoms with Gasteiger partial charge in [-0.25, -0.2) is 0 Å². The van der Waals surface area contributed by atoms with Crippen molar-refractivity contribution in [3.8, 4) is 0 Å². The van der Waals surface area contributed by atoms with Crippen molar-refractivity contribution in [2.75, 3.05) is 5.83 Å². The molecule has 1 aromatic carbocycles. The van der Waals surface area contributed by atoms with Crippen LogP contribution in [0.4, 0.5) is 0 Å². The summed E-state index contributed by atoms with van der Waals surface area (Å²) in [6, 6.07) is 10.6. The van der Waals surface area contributed by atoms with E-state index in [1.807, 2.05) is 5.83 Å². The highest BCUT2D eigenvalue weighted by Gasteiger charge is 1.95. The molecule has 2 rings (SSSR count). The molecule has 0 spiro atoms. The largest absolute Gasteiger partial charge is 0.348 e. The minimum absolute atomic E-state index is 1.05. The van der Waals surface area contributed by atoms with Gasteiger partial charge in [0.2, 0.25) is 0 Å². The normalized spacial score (nSPS) is 9.46. The summed E-state index contributed by atoms with van der Waals surface area (Å²) in [5, 5.41) is 1.33. The highest BCUT2D eigenvalue weighted by Crippen LogP contribution is 2.14. The zero-order chi connectivity index (χ0) is 9.68. The van der Waals surface area contributed by atoms with Gasteiger partial charge in [0.25, 0.3) is 0 Å². The summed E-state index contributed by atoms with van der Waals surface area (Å²) < 4.78 is 2.25. The fraction of sp³-hybridized carbons (Fsp3) is 0.273. The molecule has 0 amide bonds. The monoisotopic (exact) mass is 239 g/mol. The Morgan fingerprint density at radius 3 is 2.54 bits per heavy atom. The number of hydrogen-bond acceptors (Lipinski definition) is 0. The van der Waals surface area contributed by atoms with E-state index < -0.39 is 0 Å². The number of aryl methyl sites for hydroxylation is 1. The van der Waals surface area contributed by atoms with Crippen LogP contribution in [0.15, 0.2) is 36.5 Å². The first-order chi connectivity index (χ1) is 6.42. The van der Waals surface area contributed by atoms with Crippen molar-refractivity contribution in [2.24, 2.45) is 0 Å². The van der Waals surface area contributed by atoms with Gasteiger partial charge in [-0.15, -0.1) is 0 Å². The van der Waals surface area contributed by atoms with Crippen LogP contribution in [0.3, 0.4) is 0 Å². The van der Waals surface area contributed by atoms with Crippen LogP contribution in [0.25, 0.3) is 10.9 Å². The van der Waals surface area contributed by atoms with Crippen molar-refractivity contribution in [1.82, 2.24) is 4.57 Å². The van der Waals surface area contributed by atoms with Gasteiger partial charge in [-0.3, -0.25) is 0 Å². The lowest BCUT2D eigenvalue weighted by molar-refractivity contribution is 0.798.